The Morgan fingerprint density at radius 3 is 2.39 bits per heavy atom. The van der Waals surface area contributed by atoms with Crippen molar-refractivity contribution in [3.8, 4) is 0 Å². The van der Waals surface area contributed by atoms with Crippen molar-refractivity contribution in [1.29, 1.82) is 0 Å². The third-order valence-corrected chi connectivity index (χ3v) is 6.39. The fourth-order valence-electron chi connectivity index (χ4n) is 4.60. The summed E-state index contributed by atoms with van der Waals surface area (Å²) in [5.74, 6) is 0.921. The van der Waals surface area contributed by atoms with Gasteiger partial charge in [-0.2, -0.15) is 0 Å². The van der Waals surface area contributed by atoms with Gasteiger partial charge >= 0.3 is 6.03 Å². The highest BCUT2D eigenvalue weighted by atomic mass is 16.2. The minimum absolute atomic E-state index is 0.148. The molecule has 3 fully saturated rings. The third kappa shape index (κ3) is 4.96. The molecule has 8 heteroatoms. The van der Waals surface area contributed by atoms with E-state index in [9.17, 15) is 9.59 Å². The Bertz CT molecular complexity index is 579. The monoisotopic (exact) mass is 392 g/mol. The molecule has 3 heterocycles. The molecule has 3 saturated heterocycles. The Morgan fingerprint density at radius 1 is 1.14 bits per heavy atom. The van der Waals surface area contributed by atoms with E-state index >= 15 is 0 Å². The summed E-state index contributed by atoms with van der Waals surface area (Å²) in [4.78, 5) is 33.4. The van der Waals surface area contributed by atoms with Crippen molar-refractivity contribution >= 4 is 17.9 Å². The molecule has 1 unspecified atom stereocenters. The van der Waals surface area contributed by atoms with Gasteiger partial charge in [-0.05, 0) is 58.5 Å². The highest BCUT2D eigenvalue weighted by Gasteiger charge is 2.48. The zero-order valence-corrected chi connectivity index (χ0v) is 17.4. The third-order valence-electron chi connectivity index (χ3n) is 6.39. The zero-order valence-electron chi connectivity index (χ0n) is 17.4. The second-order valence-corrected chi connectivity index (χ2v) is 8.36. The number of hydrogen-bond acceptors (Lipinski definition) is 4. The summed E-state index contributed by atoms with van der Waals surface area (Å²) in [6, 6.07) is -0.377. The van der Waals surface area contributed by atoms with Crippen LogP contribution in [0.4, 0.5) is 4.79 Å². The van der Waals surface area contributed by atoms with Gasteiger partial charge in [0.2, 0.25) is 0 Å². The Labute approximate surface area is 168 Å². The van der Waals surface area contributed by atoms with Crippen LogP contribution in [0.25, 0.3) is 0 Å². The Balaban J connectivity index is 1.52. The fraction of sp³-hybridized carbons (Fsp3) is 0.850. The van der Waals surface area contributed by atoms with Crippen LogP contribution in [0, 0.1) is 5.92 Å². The molecule has 3 N–H and O–H groups in total. The molecule has 0 radical (unpaired) electrons. The molecule has 3 aliphatic rings. The molecule has 0 aromatic rings. The number of likely N-dealkylation sites (tertiary alicyclic amines) is 2. The van der Waals surface area contributed by atoms with E-state index in [0.29, 0.717) is 0 Å². The fourth-order valence-corrected chi connectivity index (χ4v) is 4.60. The van der Waals surface area contributed by atoms with Gasteiger partial charge in [0, 0.05) is 26.2 Å². The minimum atomic E-state index is -0.786. The van der Waals surface area contributed by atoms with Gasteiger partial charge < -0.3 is 20.4 Å². The van der Waals surface area contributed by atoms with Gasteiger partial charge in [0.15, 0.2) is 5.96 Å². The number of urea groups is 1. The number of rotatable bonds is 5. The number of aliphatic imine (C=N–C) groups is 1. The van der Waals surface area contributed by atoms with Gasteiger partial charge in [0.1, 0.15) is 5.54 Å². The lowest BCUT2D eigenvalue weighted by molar-refractivity contribution is -0.125. The highest BCUT2D eigenvalue weighted by Crippen LogP contribution is 2.30. The van der Waals surface area contributed by atoms with E-state index in [1.54, 1.807) is 0 Å². The first-order valence-electron chi connectivity index (χ1n) is 10.9. The highest BCUT2D eigenvalue weighted by molar-refractivity contribution is 6.07. The van der Waals surface area contributed by atoms with E-state index in [1.165, 1.54) is 38.8 Å². The molecule has 0 spiro atoms. The van der Waals surface area contributed by atoms with Gasteiger partial charge in [0.05, 0.1) is 6.54 Å². The van der Waals surface area contributed by atoms with Gasteiger partial charge in [0.25, 0.3) is 5.91 Å². The molecule has 158 valence electrons. The molecule has 1 atom stereocenters. The van der Waals surface area contributed by atoms with Crippen LogP contribution in [0.15, 0.2) is 4.99 Å². The van der Waals surface area contributed by atoms with E-state index < -0.39 is 5.54 Å². The quantitative estimate of drug-likeness (QED) is 0.371. The molecule has 0 aliphatic carbocycles. The topological polar surface area (TPSA) is 89.1 Å². The second-order valence-electron chi connectivity index (χ2n) is 8.36. The first-order valence-corrected chi connectivity index (χ1v) is 10.9. The maximum absolute atomic E-state index is 12.2. The van der Waals surface area contributed by atoms with Gasteiger partial charge in [-0.3, -0.25) is 15.1 Å². The molecule has 8 nitrogen and oxygen atoms in total. The van der Waals surface area contributed by atoms with Crippen LogP contribution in [0.1, 0.15) is 52.4 Å². The molecular formula is C20H36N6O2. The van der Waals surface area contributed by atoms with E-state index in [2.05, 4.69) is 32.7 Å². The van der Waals surface area contributed by atoms with Crippen molar-refractivity contribution in [1.82, 2.24) is 25.8 Å². The van der Waals surface area contributed by atoms with Crippen LogP contribution in [-0.4, -0.2) is 79.0 Å². The smallest absolute Gasteiger partial charge is 0.322 e. The zero-order chi connectivity index (χ0) is 20.0. The summed E-state index contributed by atoms with van der Waals surface area (Å²) < 4.78 is 0. The molecule has 3 aliphatic heterocycles. The number of carbonyl (C=O) groups excluding carboxylic acids is 2. The second kappa shape index (κ2) is 9.58. The predicted octanol–water partition coefficient (Wildman–Crippen LogP) is 1.14. The number of imide groups is 1. The molecular weight excluding hydrogens is 356 g/mol. The number of carbonyl (C=O) groups is 2. The van der Waals surface area contributed by atoms with Gasteiger partial charge in [-0.15, -0.1) is 0 Å². The van der Waals surface area contributed by atoms with E-state index in [-0.39, 0.29) is 17.9 Å². The van der Waals surface area contributed by atoms with Crippen LogP contribution < -0.4 is 16.0 Å². The lowest BCUT2D eigenvalue weighted by Crippen LogP contribution is -2.55. The molecule has 3 amide bonds. The number of amides is 3. The average Bonchev–Trinajstić information content (AvgIpc) is 2.85. The summed E-state index contributed by atoms with van der Waals surface area (Å²) in [7, 11) is 0. The maximum Gasteiger partial charge on any atom is 0.322 e. The van der Waals surface area contributed by atoms with Crippen molar-refractivity contribution in [2.45, 2.75) is 57.9 Å². The number of nitrogens with zero attached hydrogens (tertiary/aromatic N) is 3. The molecule has 0 aromatic carbocycles. The van der Waals surface area contributed by atoms with Crippen molar-refractivity contribution in [3.63, 3.8) is 0 Å². The number of guanidine groups is 1. The summed E-state index contributed by atoms with van der Waals surface area (Å²) in [5, 5.41) is 8.62. The van der Waals surface area contributed by atoms with Crippen LogP contribution in [0.5, 0.6) is 0 Å². The van der Waals surface area contributed by atoms with Crippen LogP contribution in [-0.2, 0) is 4.79 Å². The lowest BCUT2D eigenvalue weighted by Gasteiger charge is -2.39. The van der Waals surface area contributed by atoms with Gasteiger partial charge in [-0.1, -0.05) is 12.8 Å². The van der Waals surface area contributed by atoms with Gasteiger partial charge in [-0.25, -0.2) is 4.79 Å². The Morgan fingerprint density at radius 2 is 1.82 bits per heavy atom. The van der Waals surface area contributed by atoms with Crippen LogP contribution in [0.3, 0.4) is 0 Å². The van der Waals surface area contributed by atoms with E-state index in [0.717, 1.165) is 51.5 Å². The van der Waals surface area contributed by atoms with Crippen molar-refractivity contribution in [3.05, 3.63) is 0 Å². The van der Waals surface area contributed by atoms with Crippen molar-refractivity contribution < 1.29 is 9.59 Å². The largest absolute Gasteiger partial charge is 0.357 e. The summed E-state index contributed by atoms with van der Waals surface area (Å²) in [6.07, 6.45) is 7.05. The Hall–Kier alpha value is -1.83. The molecule has 0 saturated carbocycles. The van der Waals surface area contributed by atoms with Crippen LogP contribution in [0.2, 0.25) is 0 Å². The van der Waals surface area contributed by atoms with E-state index in [4.69, 9.17) is 4.99 Å². The van der Waals surface area contributed by atoms with Crippen molar-refractivity contribution in [2.24, 2.45) is 10.9 Å². The summed E-state index contributed by atoms with van der Waals surface area (Å²) in [5.41, 5.74) is -0.786. The predicted molar refractivity (Wildman–Crippen MR) is 110 cm³/mol. The Kier molecular flexibility index (Phi) is 7.15. The number of nitrogens with one attached hydrogen (secondary N) is 3. The van der Waals surface area contributed by atoms with E-state index in [1.807, 2.05) is 6.92 Å². The summed E-state index contributed by atoms with van der Waals surface area (Å²) in [6.45, 7) is 10.7. The first kappa shape index (κ1) is 20.9. The first-order chi connectivity index (χ1) is 13.5. The SMILES string of the molecule is CCNC(=NCCN1CCCCCC1)N1CCC(C2(C)NC(=O)NC2=O)CC1. The standard InChI is InChI=1S/C20H36N6O2/c1-3-21-18(22-10-15-25-11-6-4-5-7-12-25)26-13-8-16(9-14-26)20(2)17(27)23-19(28)24-20/h16H,3-15H2,1-2H3,(H,21,22)(H2,23,24,27,28). The normalized spacial score (nSPS) is 28.1. The minimum Gasteiger partial charge on any atom is -0.357 e. The van der Waals surface area contributed by atoms with Crippen LogP contribution >= 0.6 is 0 Å². The number of piperidine rings is 1. The molecule has 0 bridgehead atoms. The molecule has 28 heavy (non-hydrogen) atoms. The molecule has 0 aromatic heterocycles. The lowest BCUT2D eigenvalue weighted by atomic mass is 9.79. The molecule has 3 rings (SSSR count). The maximum atomic E-state index is 12.2. The van der Waals surface area contributed by atoms with Crippen molar-refractivity contribution in [2.75, 3.05) is 45.8 Å². The number of hydrogen-bond donors (Lipinski definition) is 3. The average molecular weight is 393 g/mol. The summed E-state index contributed by atoms with van der Waals surface area (Å²) >= 11 is 0.